The van der Waals surface area contributed by atoms with E-state index in [-0.39, 0.29) is 13.0 Å². The lowest BCUT2D eigenvalue weighted by molar-refractivity contribution is -0.303. The summed E-state index contributed by atoms with van der Waals surface area (Å²) in [5.41, 5.74) is -1.10. The van der Waals surface area contributed by atoms with Gasteiger partial charge >= 0.3 is 12.5 Å². The third-order valence-electron chi connectivity index (χ3n) is 6.01. The van der Waals surface area contributed by atoms with Gasteiger partial charge in [-0.05, 0) is 48.3 Å². The molecule has 0 aromatic heterocycles. The van der Waals surface area contributed by atoms with Gasteiger partial charge in [-0.25, -0.2) is 21.1 Å². The van der Waals surface area contributed by atoms with E-state index in [1.807, 2.05) is 0 Å². The first-order chi connectivity index (χ1) is 17.2. The van der Waals surface area contributed by atoms with E-state index in [1.165, 1.54) is 31.5 Å². The fraction of sp³-hybridized carbons (Fsp3) is 0.545. The topological polar surface area (TPSA) is 105 Å². The van der Waals surface area contributed by atoms with Gasteiger partial charge in [-0.3, -0.25) is 0 Å². The van der Waals surface area contributed by atoms with Crippen molar-refractivity contribution in [2.45, 2.75) is 43.7 Å². The van der Waals surface area contributed by atoms with Crippen LogP contribution in [0, 0.1) is 5.41 Å². The fourth-order valence-corrected chi connectivity index (χ4v) is 6.54. The summed E-state index contributed by atoms with van der Waals surface area (Å²) >= 11 is 0. The smallest absolute Gasteiger partial charge is 0.406 e. The first-order valence-corrected chi connectivity index (χ1v) is 14.2. The van der Waals surface area contributed by atoms with Crippen molar-refractivity contribution in [3.05, 3.63) is 59.9 Å². The zero-order valence-corrected chi connectivity index (χ0v) is 22.2. The van der Waals surface area contributed by atoms with Gasteiger partial charge in [-0.1, -0.05) is 26.2 Å². The van der Waals surface area contributed by atoms with Crippen LogP contribution in [0.3, 0.4) is 0 Å². The number of nitrogens with one attached hydrogen (secondary N) is 2. The molecule has 38 heavy (non-hydrogen) atoms. The van der Waals surface area contributed by atoms with Crippen LogP contribution < -0.4 is 10.6 Å². The number of rotatable bonds is 13. The summed E-state index contributed by atoms with van der Waals surface area (Å²) in [6.07, 6.45) is -3.15. The van der Waals surface area contributed by atoms with Crippen molar-refractivity contribution in [3.8, 4) is 0 Å². The summed E-state index contributed by atoms with van der Waals surface area (Å²) in [7, 11) is -7.53. The number of hydrogen-bond acceptors (Lipinski definition) is 7. The summed E-state index contributed by atoms with van der Waals surface area (Å²) in [5.74, 6) is -2.07. The molecule has 3 atom stereocenters. The van der Waals surface area contributed by atoms with Gasteiger partial charge in [-0.15, -0.1) is 13.2 Å². The van der Waals surface area contributed by atoms with E-state index in [2.05, 4.69) is 28.5 Å². The average Bonchev–Trinajstić information content (AvgIpc) is 3.43. The standard InChI is InChI=1S/C22H29F6N3O5S2/c1-15(13-37(32,33)31(4)10-8-20(3)12-18(20)30-14-21(23,24)25)17(11-16(2)36-22(26,27)28)38(34,35)19-7-5-6-9-29-19/h5-7,9,11,18-19,29-30H,1-2,8,10,12-14H2,3-4H3/b17-11+. The molecule has 1 heterocycles. The molecule has 0 aromatic rings. The van der Waals surface area contributed by atoms with Crippen molar-refractivity contribution in [3.63, 3.8) is 0 Å². The quantitative estimate of drug-likeness (QED) is 0.192. The van der Waals surface area contributed by atoms with Crippen molar-refractivity contribution in [2.24, 2.45) is 5.41 Å². The third kappa shape index (κ3) is 9.17. The molecule has 0 bridgehead atoms. The van der Waals surface area contributed by atoms with Gasteiger partial charge in [0, 0.05) is 19.6 Å². The number of allylic oxidation sites excluding steroid dienone is 4. The number of ether oxygens (including phenoxy) is 1. The molecule has 216 valence electrons. The Kier molecular flexibility index (Phi) is 9.61. The van der Waals surface area contributed by atoms with Crippen molar-refractivity contribution in [1.29, 1.82) is 0 Å². The Morgan fingerprint density at radius 2 is 1.82 bits per heavy atom. The molecule has 0 radical (unpaired) electrons. The molecule has 1 saturated carbocycles. The Morgan fingerprint density at radius 3 is 2.34 bits per heavy atom. The maximum atomic E-state index is 13.2. The summed E-state index contributed by atoms with van der Waals surface area (Å²) in [6, 6.07) is -0.445. The Bertz CT molecular complexity index is 1220. The first-order valence-electron chi connectivity index (χ1n) is 11.1. The molecule has 1 aliphatic carbocycles. The lowest BCUT2D eigenvalue weighted by atomic mass is 10.0. The molecule has 2 aliphatic rings. The Hall–Kier alpha value is -2.30. The summed E-state index contributed by atoms with van der Waals surface area (Å²) in [6.45, 7) is 6.98. The van der Waals surface area contributed by atoms with Crippen LogP contribution in [0.5, 0.6) is 0 Å². The number of halogens is 6. The Labute approximate surface area is 217 Å². The number of hydrogen-bond donors (Lipinski definition) is 2. The van der Waals surface area contributed by atoms with Crippen LogP contribution >= 0.6 is 0 Å². The molecule has 16 heteroatoms. The highest BCUT2D eigenvalue weighted by Crippen LogP contribution is 2.48. The minimum Gasteiger partial charge on any atom is -0.406 e. The maximum Gasteiger partial charge on any atom is 0.573 e. The molecule has 8 nitrogen and oxygen atoms in total. The monoisotopic (exact) mass is 593 g/mol. The van der Waals surface area contributed by atoms with Crippen molar-refractivity contribution >= 4 is 19.9 Å². The highest BCUT2D eigenvalue weighted by molar-refractivity contribution is 7.96. The van der Waals surface area contributed by atoms with Gasteiger partial charge < -0.3 is 15.4 Å². The van der Waals surface area contributed by atoms with E-state index in [0.717, 1.165) is 4.31 Å². The lowest BCUT2D eigenvalue weighted by Gasteiger charge is -2.23. The molecule has 2 rings (SSSR count). The SMILES string of the molecule is C=C(/C=C(\C(=C)CS(=O)(=O)N(C)CCC1(C)CC1NCC(F)(F)F)S(=O)(=O)C1C=CC=CN1)OC(F)(F)F. The number of sulfone groups is 1. The molecule has 0 aromatic carbocycles. The fourth-order valence-electron chi connectivity index (χ4n) is 3.66. The largest absolute Gasteiger partial charge is 0.573 e. The van der Waals surface area contributed by atoms with Crippen LogP contribution in [0.4, 0.5) is 26.3 Å². The Balaban J connectivity index is 2.16. The van der Waals surface area contributed by atoms with E-state index >= 15 is 0 Å². The lowest BCUT2D eigenvalue weighted by Crippen LogP contribution is -2.36. The second-order valence-corrected chi connectivity index (χ2v) is 13.4. The minimum atomic E-state index is -5.17. The zero-order chi connectivity index (χ0) is 29.2. The van der Waals surface area contributed by atoms with Gasteiger partial charge in [0.2, 0.25) is 19.9 Å². The maximum absolute atomic E-state index is 13.2. The summed E-state index contributed by atoms with van der Waals surface area (Å²) < 4.78 is 132. The van der Waals surface area contributed by atoms with Crippen molar-refractivity contribution in [1.82, 2.24) is 14.9 Å². The van der Waals surface area contributed by atoms with Crippen LogP contribution in [0.2, 0.25) is 0 Å². The van der Waals surface area contributed by atoms with E-state index < -0.39 is 77.8 Å². The molecule has 1 fully saturated rings. The minimum absolute atomic E-state index is 0.0935. The van der Waals surface area contributed by atoms with Gasteiger partial charge in [0.05, 0.1) is 17.2 Å². The van der Waals surface area contributed by atoms with Crippen LogP contribution in [0.15, 0.2) is 59.9 Å². The molecule has 0 spiro atoms. The second kappa shape index (κ2) is 11.4. The molecule has 0 saturated heterocycles. The van der Waals surface area contributed by atoms with E-state index in [9.17, 15) is 43.2 Å². The average molecular weight is 594 g/mol. The van der Waals surface area contributed by atoms with E-state index in [0.29, 0.717) is 12.5 Å². The summed E-state index contributed by atoms with van der Waals surface area (Å²) in [4.78, 5) is -0.827. The van der Waals surface area contributed by atoms with Crippen LogP contribution in [0.1, 0.15) is 19.8 Å². The Morgan fingerprint density at radius 1 is 1.18 bits per heavy atom. The number of sulfonamides is 1. The normalized spacial score (nSPS) is 24.3. The number of dihydropyridines is 1. The zero-order valence-electron chi connectivity index (χ0n) is 20.6. The van der Waals surface area contributed by atoms with Gasteiger partial charge in [0.15, 0.2) is 5.37 Å². The van der Waals surface area contributed by atoms with E-state index in [1.54, 1.807) is 6.92 Å². The highest BCUT2D eigenvalue weighted by atomic mass is 32.2. The molecule has 3 unspecified atom stereocenters. The van der Waals surface area contributed by atoms with Gasteiger partial charge in [0.1, 0.15) is 5.76 Å². The molecular weight excluding hydrogens is 564 g/mol. The first kappa shape index (κ1) is 31.9. The predicted molar refractivity (Wildman–Crippen MR) is 129 cm³/mol. The van der Waals surface area contributed by atoms with Gasteiger partial charge in [-0.2, -0.15) is 13.2 Å². The molecule has 1 aliphatic heterocycles. The second-order valence-electron chi connectivity index (χ2n) is 9.24. The van der Waals surface area contributed by atoms with Crippen molar-refractivity contribution < 1.29 is 47.9 Å². The third-order valence-corrected chi connectivity index (χ3v) is 9.84. The highest BCUT2D eigenvalue weighted by Gasteiger charge is 2.50. The molecule has 2 N–H and O–H groups in total. The molecular formula is C22H29F6N3O5S2. The van der Waals surface area contributed by atoms with Crippen molar-refractivity contribution in [2.75, 3.05) is 25.9 Å². The van der Waals surface area contributed by atoms with Crippen LogP contribution in [0.25, 0.3) is 0 Å². The van der Waals surface area contributed by atoms with Crippen LogP contribution in [-0.4, -0.2) is 71.0 Å². The predicted octanol–water partition coefficient (Wildman–Crippen LogP) is 3.47. The number of alkyl halides is 6. The molecule has 0 amide bonds. The van der Waals surface area contributed by atoms with Gasteiger partial charge in [0.25, 0.3) is 0 Å². The number of nitrogens with zero attached hydrogens (tertiary/aromatic N) is 1. The van der Waals surface area contributed by atoms with Crippen LogP contribution in [-0.2, 0) is 24.6 Å². The summed E-state index contributed by atoms with van der Waals surface area (Å²) in [5, 5.41) is 3.46. The van der Waals surface area contributed by atoms with E-state index in [4.69, 9.17) is 0 Å².